The van der Waals surface area contributed by atoms with Crippen LogP contribution in [-0.2, 0) is 6.42 Å². The lowest BCUT2D eigenvalue weighted by Gasteiger charge is -2.15. The van der Waals surface area contributed by atoms with Gasteiger partial charge in [-0.05, 0) is 37.1 Å². The lowest BCUT2D eigenvalue weighted by atomic mass is 10.1. The smallest absolute Gasteiger partial charge is 0.268 e. The van der Waals surface area contributed by atoms with Crippen LogP contribution in [0.5, 0.6) is 0 Å². The maximum atomic E-state index is 13.4. The van der Waals surface area contributed by atoms with Crippen LogP contribution in [0.3, 0.4) is 0 Å². The third-order valence-electron chi connectivity index (χ3n) is 4.55. The van der Waals surface area contributed by atoms with Crippen molar-refractivity contribution in [2.75, 3.05) is 11.9 Å². The van der Waals surface area contributed by atoms with Crippen molar-refractivity contribution in [1.29, 1.82) is 0 Å². The predicted octanol–water partition coefficient (Wildman–Crippen LogP) is 4.94. The molecule has 0 unspecified atom stereocenters. The van der Waals surface area contributed by atoms with Crippen LogP contribution in [0, 0.1) is 0 Å². The van der Waals surface area contributed by atoms with Crippen molar-refractivity contribution < 1.29 is 0 Å². The topological polar surface area (TPSA) is 46.9 Å². The number of aryl methyl sites for hydroxylation is 1. The molecule has 4 heteroatoms. The van der Waals surface area contributed by atoms with E-state index in [1.54, 1.807) is 4.57 Å². The lowest BCUT2D eigenvalue weighted by molar-refractivity contribution is 0.743. The highest BCUT2D eigenvalue weighted by Crippen LogP contribution is 2.21. The van der Waals surface area contributed by atoms with E-state index in [2.05, 4.69) is 19.2 Å². The molecule has 1 heterocycles. The quantitative estimate of drug-likeness (QED) is 0.586. The Labute approximate surface area is 154 Å². The van der Waals surface area contributed by atoms with E-state index in [4.69, 9.17) is 4.98 Å². The summed E-state index contributed by atoms with van der Waals surface area (Å²) >= 11 is 0. The van der Waals surface area contributed by atoms with Gasteiger partial charge >= 0.3 is 0 Å². The zero-order valence-electron chi connectivity index (χ0n) is 15.7. The number of benzene rings is 2. The van der Waals surface area contributed by atoms with Crippen molar-refractivity contribution in [2.24, 2.45) is 0 Å². The summed E-state index contributed by atoms with van der Waals surface area (Å²) in [5.41, 5.74) is 2.52. The third-order valence-corrected chi connectivity index (χ3v) is 4.55. The van der Waals surface area contributed by atoms with Crippen LogP contribution in [0.1, 0.15) is 45.4 Å². The van der Waals surface area contributed by atoms with Crippen molar-refractivity contribution in [3.05, 3.63) is 64.7 Å². The van der Waals surface area contributed by atoms with Crippen molar-refractivity contribution in [1.82, 2.24) is 9.55 Å². The largest absolute Gasteiger partial charge is 0.384 e. The molecule has 0 saturated heterocycles. The molecule has 4 nitrogen and oxygen atoms in total. The van der Waals surface area contributed by atoms with Gasteiger partial charge in [-0.15, -0.1) is 0 Å². The minimum atomic E-state index is 0.00300. The molecule has 0 radical (unpaired) electrons. The summed E-state index contributed by atoms with van der Waals surface area (Å²) in [6.45, 7) is 5.17. The Morgan fingerprint density at radius 3 is 2.50 bits per heavy atom. The van der Waals surface area contributed by atoms with Crippen LogP contribution in [0.15, 0.2) is 53.3 Å². The molecule has 0 spiro atoms. The van der Waals surface area contributed by atoms with Crippen LogP contribution in [-0.4, -0.2) is 16.1 Å². The molecule has 0 aliphatic heterocycles. The molecule has 3 rings (SSSR count). The summed E-state index contributed by atoms with van der Waals surface area (Å²) in [6, 6.07) is 15.7. The molecular weight excluding hydrogens is 322 g/mol. The molecule has 26 heavy (non-hydrogen) atoms. The fraction of sp³-hybridized carbons (Fsp3) is 0.364. The van der Waals surface area contributed by atoms with Crippen LogP contribution in [0.2, 0.25) is 0 Å². The van der Waals surface area contributed by atoms with Gasteiger partial charge in [0.1, 0.15) is 5.82 Å². The molecule has 0 aliphatic carbocycles. The highest BCUT2D eigenvalue weighted by Gasteiger charge is 2.14. The summed E-state index contributed by atoms with van der Waals surface area (Å²) < 4.78 is 1.77. The van der Waals surface area contributed by atoms with Gasteiger partial charge < -0.3 is 5.32 Å². The number of unbranched alkanes of at least 4 members (excludes halogenated alkanes) is 2. The van der Waals surface area contributed by atoms with Crippen molar-refractivity contribution in [3.63, 3.8) is 0 Å². The minimum Gasteiger partial charge on any atom is -0.384 e. The Morgan fingerprint density at radius 2 is 1.77 bits per heavy atom. The first-order chi connectivity index (χ1) is 12.8. The van der Waals surface area contributed by atoms with E-state index in [1.165, 1.54) is 12.8 Å². The molecule has 0 fully saturated rings. The van der Waals surface area contributed by atoms with Gasteiger partial charge in [0.2, 0.25) is 0 Å². The molecular formula is C22H27N3O. The van der Waals surface area contributed by atoms with Gasteiger partial charge in [-0.1, -0.05) is 51.0 Å². The van der Waals surface area contributed by atoms with E-state index in [9.17, 15) is 4.79 Å². The molecule has 0 aliphatic rings. The van der Waals surface area contributed by atoms with Gasteiger partial charge in [0.05, 0.1) is 16.6 Å². The fourth-order valence-electron chi connectivity index (χ4n) is 3.26. The van der Waals surface area contributed by atoms with E-state index in [-0.39, 0.29) is 5.56 Å². The first-order valence-electron chi connectivity index (χ1n) is 9.60. The van der Waals surface area contributed by atoms with Crippen molar-refractivity contribution >= 4 is 16.6 Å². The molecule has 0 atom stereocenters. The molecule has 0 saturated carbocycles. The molecule has 1 aromatic heterocycles. The summed E-state index contributed by atoms with van der Waals surface area (Å²) in [5.74, 6) is 0.819. The van der Waals surface area contributed by atoms with E-state index in [0.717, 1.165) is 48.5 Å². The van der Waals surface area contributed by atoms with Gasteiger partial charge in [-0.25, -0.2) is 4.98 Å². The number of nitrogens with zero attached hydrogens (tertiary/aromatic N) is 2. The molecule has 0 amide bonds. The second-order valence-electron chi connectivity index (χ2n) is 6.59. The second kappa shape index (κ2) is 8.65. The summed E-state index contributed by atoms with van der Waals surface area (Å²) in [7, 11) is 0. The maximum absolute atomic E-state index is 13.4. The Balaban J connectivity index is 2.14. The third kappa shape index (κ3) is 3.79. The SMILES string of the molecule is CCCCCNc1cccc2nc(CCC)n(-c3ccccc3)c(=O)c12. The van der Waals surface area contributed by atoms with Crippen LogP contribution in [0.25, 0.3) is 16.6 Å². The van der Waals surface area contributed by atoms with Gasteiger partial charge in [-0.2, -0.15) is 0 Å². The van der Waals surface area contributed by atoms with E-state index < -0.39 is 0 Å². The monoisotopic (exact) mass is 349 g/mol. The van der Waals surface area contributed by atoms with Crippen LogP contribution in [0.4, 0.5) is 5.69 Å². The van der Waals surface area contributed by atoms with Crippen molar-refractivity contribution in [2.45, 2.75) is 46.0 Å². The van der Waals surface area contributed by atoms with E-state index >= 15 is 0 Å². The number of hydrogen-bond donors (Lipinski definition) is 1. The summed E-state index contributed by atoms with van der Waals surface area (Å²) in [6.07, 6.45) is 5.18. The number of hydrogen-bond acceptors (Lipinski definition) is 3. The number of nitrogens with one attached hydrogen (secondary N) is 1. The minimum absolute atomic E-state index is 0.00300. The summed E-state index contributed by atoms with van der Waals surface area (Å²) in [4.78, 5) is 18.2. The number of aromatic nitrogens is 2. The summed E-state index contributed by atoms with van der Waals surface area (Å²) in [5, 5.41) is 4.11. The molecule has 136 valence electrons. The first-order valence-corrected chi connectivity index (χ1v) is 9.60. The molecule has 2 aromatic carbocycles. The maximum Gasteiger partial charge on any atom is 0.268 e. The Kier molecular flexibility index (Phi) is 6.05. The molecule has 1 N–H and O–H groups in total. The van der Waals surface area contributed by atoms with Gasteiger partial charge in [0, 0.05) is 18.7 Å². The van der Waals surface area contributed by atoms with Crippen LogP contribution >= 0.6 is 0 Å². The lowest BCUT2D eigenvalue weighted by Crippen LogP contribution is -2.24. The number of anilines is 1. The zero-order chi connectivity index (χ0) is 18.4. The zero-order valence-corrected chi connectivity index (χ0v) is 15.7. The molecule has 0 bridgehead atoms. The number of fused-ring (bicyclic) bond motifs is 1. The standard InChI is InChI=1S/C22H27N3O/c1-3-5-9-16-23-18-14-10-15-19-21(18)22(26)25(20(24-19)11-4-2)17-12-7-6-8-13-17/h6-8,10,12-15,23H,3-5,9,11,16H2,1-2H3. The number of rotatable bonds is 8. The highest BCUT2D eigenvalue weighted by atomic mass is 16.1. The van der Waals surface area contributed by atoms with Gasteiger partial charge in [0.25, 0.3) is 5.56 Å². The number of para-hydroxylation sites is 1. The Bertz CT molecular complexity index is 916. The second-order valence-corrected chi connectivity index (χ2v) is 6.59. The van der Waals surface area contributed by atoms with Crippen molar-refractivity contribution in [3.8, 4) is 5.69 Å². The van der Waals surface area contributed by atoms with Gasteiger partial charge in [-0.3, -0.25) is 9.36 Å². The van der Waals surface area contributed by atoms with E-state index in [1.807, 2.05) is 48.5 Å². The fourth-order valence-corrected chi connectivity index (χ4v) is 3.26. The Hall–Kier alpha value is -2.62. The Morgan fingerprint density at radius 1 is 0.962 bits per heavy atom. The average Bonchev–Trinajstić information content (AvgIpc) is 2.66. The van der Waals surface area contributed by atoms with Crippen LogP contribution < -0.4 is 10.9 Å². The normalized spacial score (nSPS) is 11.0. The highest BCUT2D eigenvalue weighted by molar-refractivity contribution is 5.90. The molecule has 3 aromatic rings. The first kappa shape index (κ1) is 18.2. The van der Waals surface area contributed by atoms with Gasteiger partial charge in [0.15, 0.2) is 0 Å². The average molecular weight is 349 g/mol. The van der Waals surface area contributed by atoms with E-state index in [0.29, 0.717) is 5.39 Å². The predicted molar refractivity (Wildman–Crippen MR) is 109 cm³/mol.